The van der Waals surface area contributed by atoms with Crippen LogP contribution in [-0.2, 0) is 5.41 Å². The summed E-state index contributed by atoms with van der Waals surface area (Å²) >= 11 is 0. The summed E-state index contributed by atoms with van der Waals surface area (Å²) in [5.41, 5.74) is 9.75. The molecular formula is C39H36N2O. The fourth-order valence-corrected chi connectivity index (χ4v) is 6.42. The van der Waals surface area contributed by atoms with E-state index in [9.17, 15) is 10.1 Å². The van der Waals surface area contributed by atoms with Crippen molar-refractivity contribution in [1.82, 2.24) is 4.90 Å². The van der Waals surface area contributed by atoms with Crippen molar-refractivity contribution in [2.45, 2.75) is 38.0 Å². The molecule has 0 saturated carbocycles. The minimum atomic E-state index is -0.642. The number of hydrogen-bond donors (Lipinski definition) is 0. The quantitative estimate of drug-likeness (QED) is 0.191. The summed E-state index contributed by atoms with van der Waals surface area (Å²) in [6.07, 6.45) is 8.28. The van der Waals surface area contributed by atoms with Gasteiger partial charge in [-0.25, -0.2) is 0 Å². The van der Waals surface area contributed by atoms with E-state index in [4.69, 9.17) is 0 Å². The first-order chi connectivity index (χ1) is 20.6. The third kappa shape index (κ3) is 5.64. The molecule has 2 aliphatic rings. The molecule has 3 nitrogen and oxygen atoms in total. The Balaban J connectivity index is 1.13. The van der Waals surface area contributed by atoms with Crippen molar-refractivity contribution in [2.24, 2.45) is 0 Å². The molecule has 0 radical (unpaired) electrons. The number of benzene rings is 4. The van der Waals surface area contributed by atoms with Crippen LogP contribution in [-0.4, -0.2) is 30.3 Å². The average molecular weight is 549 g/mol. The molecule has 1 heterocycles. The maximum atomic E-state index is 13.0. The van der Waals surface area contributed by atoms with Crippen LogP contribution < -0.4 is 0 Å². The van der Waals surface area contributed by atoms with Crippen LogP contribution in [0.5, 0.6) is 0 Å². The number of piperidine rings is 1. The summed E-state index contributed by atoms with van der Waals surface area (Å²) < 4.78 is 0. The molecule has 3 heteroatoms. The summed E-state index contributed by atoms with van der Waals surface area (Å²) in [7, 11) is 0. The molecule has 4 aromatic carbocycles. The third-order valence-electron chi connectivity index (χ3n) is 8.91. The number of nitriles is 1. The number of nitrogens with zero attached hydrogens (tertiary/aromatic N) is 2. The molecule has 208 valence electrons. The maximum Gasteiger partial charge on any atom is 0.193 e. The molecule has 4 aromatic rings. The van der Waals surface area contributed by atoms with Gasteiger partial charge < -0.3 is 4.90 Å². The lowest BCUT2D eigenvalue weighted by Crippen LogP contribution is -2.33. The van der Waals surface area contributed by atoms with Crippen molar-refractivity contribution >= 4 is 23.5 Å². The van der Waals surface area contributed by atoms with Crippen LogP contribution in [0.4, 0.5) is 0 Å². The minimum Gasteiger partial charge on any atom is -0.303 e. The lowest BCUT2D eigenvalue weighted by atomic mass is 9.79. The average Bonchev–Trinajstić information content (AvgIpc) is 3.22. The van der Waals surface area contributed by atoms with Gasteiger partial charge in [-0.3, -0.25) is 4.79 Å². The monoisotopic (exact) mass is 548 g/mol. The Labute approximate surface area is 249 Å². The molecule has 1 saturated heterocycles. The van der Waals surface area contributed by atoms with E-state index in [-0.39, 0.29) is 5.78 Å². The Morgan fingerprint density at radius 2 is 1.38 bits per heavy atom. The van der Waals surface area contributed by atoms with Gasteiger partial charge in [0.15, 0.2) is 5.78 Å². The molecule has 1 aliphatic carbocycles. The van der Waals surface area contributed by atoms with Gasteiger partial charge in [0.1, 0.15) is 0 Å². The van der Waals surface area contributed by atoms with Gasteiger partial charge in [-0.2, -0.15) is 5.26 Å². The van der Waals surface area contributed by atoms with E-state index in [1.807, 2.05) is 61.5 Å². The molecule has 0 aromatic heterocycles. The van der Waals surface area contributed by atoms with Gasteiger partial charge in [0.2, 0.25) is 0 Å². The minimum absolute atomic E-state index is 0.00863. The van der Waals surface area contributed by atoms with E-state index in [1.165, 1.54) is 33.4 Å². The molecule has 1 atom stereocenters. The zero-order chi connectivity index (χ0) is 28.9. The summed E-state index contributed by atoms with van der Waals surface area (Å²) in [6, 6.07) is 37.1. The van der Waals surface area contributed by atoms with Gasteiger partial charge in [-0.05, 0) is 78.6 Å². The second kappa shape index (κ2) is 12.1. The van der Waals surface area contributed by atoms with Crippen LogP contribution in [0.1, 0.15) is 76.3 Å². The number of likely N-dealkylation sites (tertiary alicyclic amines) is 1. The highest BCUT2D eigenvalue weighted by molar-refractivity contribution is 6.09. The number of carbonyl (C=O) groups excluding carboxylic acids is 1. The maximum absolute atomic E-state index is 13.0. The lowest BCUT2D eigenvalue weighted by Gasteiger charge is -2.31. The predicted molar refractivity (Wildman–Crippen MR) is 172 cm³/mol. The number of rotatable bonds is 7. The Morgan fingerprint density at radius 3 is 2.02 bits per heavy atom. The molecule has 1 aliphatic heterocycles. The largest absolute Gasteiger partial charge is 0.303 e. The molecule has 0 amide bonds. The number of fused-ring (bicyclic) bond motifs is 2. The van der Waals surface area contributed by atoms with E-state index >= 15 is 0 Å². The predicted octanol–water partition coefficient (Wildman–Crippen LogP) is 8.56. The summed E-state index contributed by atoms with van der Waals surface area (Å²) in [5.74, 6) is -0.00863. The van der Waals surface area contributed by atoms with Gasteiger partial charge in [-0.15, -0.1) is 0 Å². The van der Waals surface area contributed by atoms with E-state index in [0.29, 0.717) is 11.1 Å². The van der Waals surface area contributed by atoms with Gasteiger partial charge in [-0.1, -0.05) is 115 Å². The summed E-state index contributed by atoms with van der Waals surface area (Å²) in [4.78, 5) is 15.6. The molecule has 6 rings (SSSR count). The van der Waals surface area contributed by atoms with E-state index < -0.39 is 5.41 Å². The standard InChI is InChI=1S/C39H36N2O/c1-39(28-40,34-16-9-15-33(27-34)38(42)32-13-3-2-4-14-32)23-10-24-41-25-21-31(22-26-41)37-35-17-7-5-11-29(35)19-20-30-12-6-8-18-36(30)37/h2-9,11-20,27H,10,21-26H2,1H3. The highest BCUT2D eigenvalue weighted by Gasteiger charge is 2.28. The third-order valence-corrected chi connectivity index (χ3v) is 8.91. The van der Waals surface area contributed by atoms with Crippen molar-refractivity contribution in [3.05, 3.63) is 148 Å². The Bertz CT molecular complexity index is 1650. The van der Waals surface area contributed by atoms with Gasteiger partial charge >= 0.3 is 0 Å². The van der Waals surface area contributed by atoms with Crippen LogP contribution >= 0.6 is 0 Å². The van der Waals surface area contributed by atoms with E-state index in [1.54, 1.807) is 0 Å². The van der Waals surface area contributed by atoms with Crippen LogP contribution in [0.2, 0.25) is 0 Å². The zero-order valence-corrected chi connectivity index (χ0v) is 24.2. The molecule has 42 heavy (non-hydrogen) atoms. The van der Waals surface area contributed by atoms with Crippen molar-refractivity contribution < 1.29 is 4.79 Å². The Kier molecular flexibility index (Phi) is 8.00. The normalized spacial score (nSPS) is 16.1. The first-order valence-electron chi connectivity index (χ1n) is 15.0. The first kappa shape index (κ1) is 27.6. The fraction of sp³-hybridized carbons (Fsp3) is 0.231. The van der Waals surface area contributed by atoms with Gasteiger partial charge in [0, 0.05) is 24.2 Å². The Morgan fingerprint density at radius 1 is 0.786 bits per heavy atom. The van der Waals surface area contributed by atoms with Crippen molar-refractivity contribution in [3.63, 3.8) is 0 Å². The van der Waals surface area contributed by atoms with Crippen LogP contribution in [0, 0.1) is 11.3 Å². The second-order valence-electron chi connectivity index (χ2n) is 11.7. The van der Waals surface area contributed by atoms with Crippen LogP contribution in [0.25, 0.3) is 17.7 Å². The summed E-state index contributed by atoms with van der Waals surface area (Å²) in [6.45, 7) is 5.03. The summed E-state index contributed by atoms with van der Waals surface area (Å²) in [5, 5.41) is 10.2. The van der Waals surface area contributed by atoms with Crippen LogP contribution in [0.3, 0.4) is 0 Å². The number of carbonyl (C=O) groups is 1. The van der Waals surface area contributed by atoms with Crippen molar-refractivity contribution in [3.8, 4) is 6.07 Å². The fourth-order valence-electron chi connectivity index (χ4n) is 6.42. The highest BCUT2D eigenvalue weighted by Crippen LogP contribution is 2.39. The van der Waals surface area contributed by atoms with Gasteiger partial charge in [0.05, 0.1) is 11.5 Å². The second-order valence-corrected chi connectivity index (χ2v) is 11.7. The molecular weight excluding hydrogens is 512 g/mol. The zero-order valence-electron chi connectivity index (χ0n) is 24.2. The highest BCUT2D eigenvalue weighted by atomic mass is 16.1. The molecule has 0 N–H and O–H groups in total. The van der Waals surface area contributed by atoms with Gasteiger partial charge in [0.25, 0.3) is 0 Å². The SMILES string of the molecule is CC(C#N)(CCCN1CCC(=C2c3ccccc3C=Cc3ccccc32)CC1)c1cccc(C(=O)c2ccccc2)c1. The lowest BCUT2D eigenvalue weighted by molar-refractivity contribution is 0.103. The molecule has 0 bridgehead atoms. The molecule has 1 fully saturated rings. The van der Waals surface area contributed by atoms with E-state index in [2.05, 4.69) is 71.7 Å². The number of hydrogen-bond acceptors (Lipinski definition) is 3. The number of ketones is 1. The first-order valence-corrected chi connectivity index (χ1v) is 15.0. The Hall–Kier alpha value is -4.52. The van der Waals surface area contributed by atoms with Crippen molar-refractivity contribution in [1.29, 1.82) is 5.26 Å². The topological polar surface area (TPSA) is 44.1 Å². The van der Waals surface area contributed by atoms with Crippen molar-refractivity contribution in [2.75, 3.05) is 19.6 Å². The molecule has 0 spiro atoms. The smallest absolute Gasteiger partial charge is 0.193 e. The van der Waals surface area contributed by atoms with Crippen LogP contribution in [0.15, 0.2) is 109 Å². The molecule has 1 unspecified atom stereocenters. The van der Waals surface area contributed by atoms with E-state index in [0.717, 1.165) is 50.9 Å².